The largest absolute Gasteiger partial charge is 0.481 e. The predicted molar refractivity (Wildman–Crippen MR) is 24.9 cm³/mol. The molecule has 3 heteroatoms. The molecule has 1 N–H and O–H groups in total. The zero-order chi connectivity index (χ0) is 4.28. The van der Waals surface area contributed by atoms with E-state index in [-0.39, 0.29) is 18.8 Å². The maximum absolute atomic E-state index is 9.31. The molecule has 37 valence electrons. The van der Waals surface area contributed by atoms with Gasteiger partial charge in [0.2, 0.25) is 0 Å². The molecular formula is C3H6ClO2. The highest BCUT2D eigenvalue weighted by Crippen LogP contribution is 1.66. The van der Waals surface area contributed by atoms with Crippen molar-refractivity contribution < 1.29 is 9.90 Å². The summed E-state index contributed by atoms with van der Waals surface area (Å²) in [6, 6.07) is 0. The molecule has 1 radical (unpaired) electrons. The summed E-state index contributed by atoms with van der Waals surface area (Å²) >= 11 is 0. The van der Waals surface area contributed by atoms with E-state index >= 15 is 0 Å². The van der Waals surface area contributed by atoms with Crippen LogP contribution in [-0.4, -0.2) is 11.1 Å². The van der Waals surface area contributed by atoms with E-state index in [1.807, 2.05) is 0 Å². The lowest BCUT2D eigenvalue weighted by Crippen LogP contribution is -1.87. The van der Waals surface area contributed by atoms with Crippen LogP contribution in [0.2, 0.25) is 0 Å². The van der Waals surface area contributed by atoms with Crippen molar-refractivity contribution in [3.05, 3.63) is 6.92 Å². The van der Waals surface area contributed by atoms with Gasteiger partial charge in [0.25, 0.3) is 0 Å². The minimum atomic E-state index is -0.856. The molecular weight excluding hydrogens is 103 g/mol. The van der Waals surface area contributed by atoms with Crippen molar-refractivity contribution in [2.24, 2.45) is 0 Å². The van der Waals surface area contributed by atoms with Crippen molar-refractivity contribution in [2.75, 3.05) is 0 Å². The molecule has 0 saturated heterocycles. The quantitative estimate of drug-likeness (QED) is 0.539. The highest BCUT2D eigenvalue weighted by Gasteiger charge is 1.81. The summed E-state index contributed by atoms with van der Waals surface area (Å²) in [7, 11) is 0. The third-order valence-corrected chi connectivity index (χ3v) is 0.214. The first kappa shape index (κ1) is 9.23. The molecule has 0 aliphatic carbocycles. The maximum atomic E-state index is 9.31. The van der Waals surface area contributed by atoms with Crippen LogP contribution in [0.3, 0.4) is 0 Å². The molecule has 0 aromatic carbocycles. The lowest BCUT2D eigenvalue weighted by molar-refractivity contribution is -0.136. The fourth-order valence-corrected chi connectivity index (χ4v) is 0. The molecule has 0 aromatic heterocycles. The van der Waals surface area contributed by atoms with Crippen LogP contribution in [0.4, 0.5) is 0 Å². The normalized spacial score (nSPS) is 6.17. The molecule has 0 fully saturated rings. The Kier molecular flexibility index (Phi) is 7.32. The number of halogens is 1. The molecule has 0 atom stereocenters. The van der Waals surface area contributed by atoms with Gasteiger partial charge in [-0.15, -0.1) is 12.4 Å². The van der Waals surface area contributed by atoms with Gasteiger partial charge in [-0.25, -0.2) is 0 Å². The van der Waals surface area contributed by atoms with Gasteiger partial charge in [-0.05, 0) is 6.92 Å². The van der Waals surface area contributed by atoms with Gasteiger partial charge in [0.05, 0.1) is 0 Å². The standard InChI is InChI=1S/C3H5O2.ClH/c1-2-3(4)5;/h1-2H2,(H,4,5);1H. The van der Waals surface area contributed by atoms with Gasteiger partial charge in [-0.3, -0.25) is 4.79 Å². The zero-order valence-electron chi connectivity index (χ0n) is 3.18. The number of hydrogen-bond donors (Lipinski definition) is 1. The van der Waals surface area contributed by atoms with Crippen LogP contribution in [0, 0.1) is 6.92 Å². The fraction of sp³-hybridized carbons (Fsp3) is 0.333. The van der Waals surface area contributed by atoms with Crippen LogP contribution in [0.5, 0.6) is 0 Å². The molecule has 0 aliphatic rings. The number of hydrogen-bond acceptors (Lipinski definition) is 1. The Labute approximate surface area is 42.6 Å². The van der Waals surface area contributed by atoms with Crippen LogP contribution in [0.15, 0.2) is 0 Å². The first-order valence-corrected chi connectivity index (χ1v) is 1.28. The van der Waals surface area contributed by atoms with E-state index < -0.39 is 5.97 Å². The van der Waals surface area contributed by atoms with Crippen LogP contribution < -0.4 is 0 Å². The van der Waals surface area contributed by atoms with Gasteiger partial charge in [0.15, 0.2) is 0 Å². The minimum absolute atomic E-state index is 0. The van der Waals surface area contributed by atoms with E-state index in [0.717, 1.165) is 0 Å². The number of carbonyl (C=O) groups is 1. The number of rotatable bonds is 1. The van der Waals surface area contributed by atoms with Gasteiger partial charge in [-0.2, -0.15) is 0 Å². The van der Waals surface area contributed by atoms with Crippen LogP contribution in [0.1, 0.15) is 6.42 Å². The summed E-state index contributed by atoms with van der Waals surface area (Å²) in [5, 5.41) is 7.66. The summed E-state index contributed by atoms with van der Waals surface area (Å²) in [6.45, 7) is 3.09. The molecule has 0 amide bonds. The number of carboxylic acid groups (broad SMARTS) is 1. The number of carboxylic acids is 1. The molecule has 6 heavy (non-hydrogen) atoms. The monoisotopic (exact) mass is 109 g/mol. The predicted octanol–water partition coefficient (Wildman–Crippen LogP) is 0.717. The fourth-order valence-electron chi connectivity index (χ4n) is 0. The van der Waals surface area contributed by atoms with E-state index in [1.165, 1.54) is 0 Å². The smallest absolute Gasteiger partial charge is 0.303 e. The molecule has 0 unspecified atom stereocenters. The third kappa shape index (κ3) is 9.25. The highest BCUT2D eigenvalue weighted by atomic mass is 35.5. The summed E-state index contributed by atoms with van der Waals surface area (Å²) in [6.07, 6.45) is -0.0278. The van der Waals surface area contributed by atoms with E-state index in [0.29, 0.717) is 0 Å². The Morgan fingerprint density at radius 1 is 1.83 bits per heavy atom. The summed E-state index contributed by atoms with van der Waals surface area (Å²) in [5.41, 5.74) is 0. The van der Waals surface area contributed by atoms with Gasteiger partial charge in [0, 0.05) is 6.42 Å². The second-order valence-electron chi connectivity index (χ2n) is 0.644. The lowest BCUT2D eigenvalue weighted by Gasteiger charge is -1.71. The SMILES string of the molecule is Cl.[CH2]CC(=O)O. The van der Waals surface area contributed by atoms with Gasteiger partial charge < -0.3 is 5.11 Å². The average molecular weight is 110 g/mol. The van der Waals surface area contributed by atoms with Crippen molar-refractivity contribution in [2.45, 2.75) is 6.42 Å². The van der Waals surface area contributed by atoms with Crippen LogP contribution >= 0.6 is 12.4 Å². The lowest BCUT2D eigenvalue weighted by atomic mass is 10.5. The summed E-state index contributed by atoms with van der Waals surface area (Å²) in [4.78, 5) is 9.31. The molecule has 2 nitrogen and oxygen atoms in total. The second-order valence-corrected chi connectivity index (χ2v) is 0.644. The Hall–Kier alpha value is -0.240. The summed E-state index contributed by atoms with van der Waals surface area (Å²) in [5.74, 6) is -0.856. The van der Waals surface area contributed by atoms with Crippen LogP contribution in [0.25, 0.3) is 0 Å². The Balaban J connectivity index is 0. The van der Waals surface area contributed by atoms with Gasteiger partial charge >= 0.3 is 5.97 Å². The van der Waals surface area contributed by atoms with Gasteiger partial charge in [0.1, 0.15) is 0 Å². The van der Waals surface area contributed by atoms with Gasteiger partial charge in [-0.1, -0.05) is 0 Å². The molecule has 0 bridgehead atoms. The summed E-state index contributed by atoms with van der Waals surface area (Å²) < 4.78 is 0. The topological polar surface area (TPSA) is 37.3 Å². The first-order valence-electron chi connectivity index (χ1n) is 1.28. The van der Waals surface area contributed by atoms with Crippen molar-refractivity contribution in [3.63, 3.8) is 0 Å². The maximum Gasteiger partial charge on any atom is 0.303 e. The molecule has 0 heterocycles. The second kappa shape index (κ2) is 4.76. The molecule has 0 aromatic rings. The zero-order valence-corrected chi connectivity index (χ0v) is 3.99. The Bertz CT molecular complexity index is 44.1. The van der Waals surface area contributed by atoms with E-state index in [4.69, 9.17) is 5.11 Å². The minimum Gasteiger partial charge on any atom is -0.481 e. The number of aliphatic carboxylic acids is 1. The van der Waals surface area contributed by atoms with Crippen molar-refractivity contribution in [1.29, 1.82) is 0 Å². The van der Waals surface area contributed by atoms with Crippen molar-refractivity contribution in [3.8, 4) is 0 Å². The molecule has 0 aliphatic heterocycles. The first-order chi connectivity index (χ1) is 2.27. The molecule has 0 saturated carbocycles. The Morgan fingerprint density at radius 2 is 2.00 bits per heavy atom. The third-order valence-electron chi connectivity index (χ3n) is 0.214. The molecule has 0 spiro atoms. The van der Waals surface area contributed by atoms with Crippen molar-refractivity contribution in [1.82, 2.24) is 0 Å². The van der Waals surface area contributed by atoms with Crippen molar-refractivity contribution >= 4 is 18.4 Å². The van der Waals surface area contributed by atoms with E-state index in [1.54, 1.807) is 0 Å². The average Bonchev–Trinajstić information content (AvgIpc) is 1.38. The van der Waals surface area contributed by atoms with E-state index in [2.05, 4.69) is 6.92 Å². The molecule has 0 rings (SSSR count). The van der Waals surface area contributed by atoms with Crippen LogP contribution in [-0.2, 0) is 4.79 Å². The van der Waals surface area contributed by atoms with E-state index in [9.17, 15) is 4.79 Å². The Morgan fingerprint density at radius 3 is 2.00 bits per heavy atom. The highest BCUT2D eigenvalue weighted by molar-refractivity contribution is 5.85.